The summed E-state index contributed by atoms with van der Waals surface area (Å²) in [5.74, 6) is 2.96. The largest absolute Gasteiger partial charge is 0.339 e. The molecule has 2 aliphatic carbocycles. The van der Waals surface area contributed by atoms with Crippen molar-refractivity contribution in [3.63, 3.8) is 0 Å². The van der Waals surface area contributed by atoms with Gasteiger partial charge >= 0.3 is 0 Å². The van der Waals surface area contributed by atoms with Crippen molar-refractivity contribution in [2.24, 2.45) is 11.8 Å². The summed E-state index contributed by atoms with van der Waals surface area (Å²) in [7, 11) is 0. The maximum atomic E-state index is 12.3. The molecule has 4 rings (SSSR count). The minimum absolute atomic E-state index is 0.105. The Hall–Kier alpha value is -1.92. The van der Waals surface area contributed by atoms with Crippen LogP contribution in [0.4, 0.5) is 0 Å². The van der Waals surface area contributed by atoms with Crippen molar-refractivity contribution in [1.29, 1.82) is 0 Å². The topological polar surface area (TPSA) is 79.5 Å². The number of aryl methyl sites for hydroxylation is 1. The highest BCUT2D eigenvalue weighted by atomic mass is 16.5. The van der Waals surface area contributed by atoms with Gasteiger partial charge in [0.15, 0.2) is 5.82 Å². The van der Waals surface area contributed by atoms with Crippen molar-refractivity contribution in [2.45, 2.75) is 44.9 Å². The first-order chi connectivity index (χ1) is 11.6. The van der Waals surface area contributed by atoms with Gasteiger partial charge in [0, 0.05) is 50.9 Å². The molecular formula is C17H24N4O3. The lowest BCUT2D eigenvalue weighted by Crippen LogP contribution is -2.51. The second-order valence-corrected chi connectivity index (χ2v) is 7.35. The Morgan fingerprint density at radius 3 is 2.46 bits per heavy atom. The molecule has 2 amide bonds. The normalized spacial score (nSPS) is 26.5. The summed E-state index contributed by atoms with van der Waals surface area (Å²) in [6.45, 7) is 4.68. The predicted octanol–water partition coefficient (Wildman–Crippen LogP) is 1.21. The van der Waals surface area contributed by atoms with Gasteiger partial charge in [0.25, 0.3) is 0 Å². The number of nitrogens with zero attached hydrogens (tertiary/aromatic N) is 4. The molecule has 3 fully saturated rings. The third kappa shape index (κ3) is 3.30. The Balaban J connectivity index is 1.21. The molecule has 2 saturated carbocycles. The van der Waals surface area contributed by atoms with E-state index in [1.165, 1.54) is 0 Å². The first-order valence-corrected chi connectivity index (χ1v) is 9.01. The SMILES string of the molecule is C[C@H]1C[C@H]1C(=O)N1CCN(C(=O)CCc2nc(C3CC3)no2)CC1. The third-order valence-electron chi connectivity index (χ3n) is 5.35. The maximum Gasteiger partial charge on any atom is 0.227 e. The van der Waals surface area contributed by atoms with Gasteiger partial charge in [-0.05, 0) is 25.2 Å². The van der Waals surface area contributed by atoms with Gasteiger partial charge in [0.2, 0.25) is 17.7 Å². The molecular weight excluding hydrogens is 308 g/mol. The summed E-state index contributed by atoms with van der Waals surface area (Å²) in [4.78, 5) is 32.7. The van der Waals surface area contributed by atoms with Crippen LogP contribution in [0.2, 0.25) is 0 Å². The molecule has 0 N–H and O–H groups in total. The van der Waals surface area contributed by atoms with E-state index in [-0.39, 0.29) is 17.7 Å². The fraction of sp³-hybridized carbons (Fsp3) is 0.765. The van der Waals surface area contributed by atoms with Gasteiger partial charge in [-0.15, -0.1) is 0 Å². The van der Waals surface area contributed by atoms with Gasteiger partial charge in [-0.25, -0.2) is 0 Å². The summed E-state index contributed by atoms with van der Waals surface area (Å²) in [5, 5.41) is 3.97. The smallest absolute Gasteiger partial charge is 0.227 e. The van der Waals surface area contributed by atoms with Crippen LogP contribution in [0.3, 0.4) is 0 Å². The Morgan fingerprint density at radius 2 is 1.83 bits per heavy atom. The highest BCUT2D eigenvalue weighted by molar-refractivity contribution is 5.82. The van der Waals surface area contributed by atoms with Crippen LogP contribution in [0.5, 0.6) is 0 Å². The Bertz CT molecular complexity index is 632. The molecule has 3 aliphatic rings. The van der Waals surface area contributed by atoms with Crippen molar-refractivity contribution in [1.82, 2.24) is 19.9 Å². The van der Waals surface area contributed by atoms with Gasteiger partial charge in [0.1, 0.15) is 0 Å². The molecule has 1 aromatic heterocycles. The van der Waals surface area contributed by atoms with E-state index >= 15 is 0 Å². The van der Waals surface area contributed by atoms with Gasteiger partial charge in [-0.1, -0.05) is 12.1 Å². The summed E-state index contributed by atoms with van der Waals surface area (Å²) in [6.07, 6.45) is 4.18. The summed E-state index contributed by atoms with van der Waals surface area (Å²) >= 11 is 0. The Kier molecular flexibility index (Phi) is 4.02. The summed E-state index contributed by atoms with van der Waals surface area (Å²) in [6, 6.07) is 0. The number of piperazine rings is 1. The number of amides is 2. The molecule has 2 atom stereocenters. The molecule has 7 heteroatoms. The van der Waals surface area contributed by atoms with Crippen molar-refractivity contribution in [3.8, 4) is 0 Å². The minimum atomic E-state index is 0.105. The van der Waals surface area contributed by atoms with Gasteiger partial charge in [-0.2, -0.15) is 4.98 Å². The molecule has 1 saturated heterocycles. The third-order valence-corrected chi connectivity index (χ3v) is 5.35. The quantitative estimate of drug-likeness (QED) is 0.809. The van der Waals surface area contributed by atoms with E-state index in [2.05, 4.69) is 17.1 Å². The lowest BCUT2D eigenvalue weighted by Gasteiger charge is -2.35. The summed E-state index contributed by atoms with van der Waals surface area (Å²) < 4.78 is 5.21. The lowest BCUT2D eigenvalue weighted by atomic mass is 10.2. The standard InChI is InChI=1S/C17H24N4O3/c1-11-10-13(11)17(23)21-8-6-20(7-9-21)15(22)5-4-14-18-16(19-24-14)12-2-3-12/h11-13H,2-10H2,1H3/t11-,13+/m0/s1. The lowest BCUT2D eigenvalue weighted by molar-refractivity contribution is -0.140. The van der Waals surface area contributed by atoms with E-state index in [1.807, 2.05) is 9.80 Å². The molecule has 130 valence electrons. The van der Waals surface area contributed by atoms with Crippen LogP contribution >= 0.6 is 0 Å². The van der Waals surface area contributed by atoms with E-state index in [0.717, 1.165) is 25.1 Å². The van der Waals surface area contributed by atoms with Crippen molar-refractivity contribution < 1.29 is 14.1 Å². The highest BCUT2D eigenvalue weighted by Gasteiger charge is 2.42. The van der Waals surface area contributed by atoms with Crippen LogP contribution in [0.15, 0.2) is 4.52 Å². The minimum Gasteiger partial charge on any atom is -0.339 e. The second-order valence-electron chi connectivity index (χ2n) is 7.35. The number of rotatable bonds is 5. The molecule has 0 radical (unpaired) electrons. The van der Waals surface area contributed by atoms with E-state index in [1.54, 1.807) is 0 Å². The van der Waals surface area contributed by atoms with Gasteiger partial charge in [-0.3, -0.25) is 9.59 Å². The maximum absolute atomic E-state index is 12.3. The molecule has 0 bridgehead atoms. The Labute approximate surface area is 141 Å². The van der Waals surface area contributed by atoms with Gasteiger partial charge < -0.3 is 14.3 Å². The number of aromatic nitrogens is 2. The van der Waals surface area contributed by atoms with Crippen LogP contribution in [-0.4, -0.2) is 57.9 Å². The number of hydrogen-bond donors (Lipinski definition) is 0. The van der Waals surface area contributed by atoms with E-state index < -0.39 is 0 Å². The van der Waals surface area contributed by atoms with Crippen LogP contribution in [-0.2, 0) is 16.0 Å². The average molecular weight is 332 g/mol. The zero-order valence-electron chi connectivity index (χ0n) is 14.1. The Morgan fingerprint density at radius 1 is 1.17 bits per heavy atom. The second kappa shape index (κ2) is 6.18. The molecule has 0 unspecified atom stereocenters. The van der Waals surface area contributed by atoms with Crippen molar-refractivity contribution >= 4 is 11.8 Å². The van der Waals surface area contributed by atoms with E-state index in [0.29, 0.717) is 56.7 Å². The zero-order valence-corrected chi connectivity index (χ0v) is 14.1. The van der Waals surface area contributed by atoms with Crippen molar-refractivity contribution in [2.75, 3.05) is 26.2 Å². The van der Waals surface area contributed by atoms with Gasteiger partial charge in [0.05, 0.1) is 0 Å². The van der Waals surface area contributed by atoms with Crippen LogP contribution in [0.25, 0.3) is 0 Å². The fourth-order valence-electron chi connectivity index (χ4n) is 3.33. The highest BCUT2D eigenvalue weighted by Crippen LogP contribution is 2.39. The number of carbonyl (C=O) groups excluding carboxylic acids is 2. The van der Waals surface area contributed by atoms with Crippen LogP contribution in [0.1, 0.15) is 50.2 Å². The average Bonchev–Trinajstić information content (AvgIpc) is 3.52. The van der Waals surface area contributed by atoms with E-state index in [9.17, 15) is 9.59 Å². The molecule has 7 nitrogen and oxygen atoms in total. The number of carbonyl (C=O) groups is 2. The molecule has 0 spiro atoms. The number of hydrogen-bond acceptors (Lipinski definition) is 5. The summed E-state index contributed by atoms with van der Waals surface area (Å²) in [5.41, 5.74) is 0. The first-order valence-electron chi connectivity index (χ1n) is 9.01. The molecule has 1 aromatic rings. The predicted molar refractivity (Wildman–Crippen MR) is 85.0 cm³/mol. The van der Waals surface area contributed by atoms with Crippen molar-refractivity contribution in [3.05, 3.63) is 11.7 Å². The van der Waals surface area contributed by atoms with Crippen LogP contribution < -0.4 is 0 Å². The fourth-order valence-corrected chi connectivity index (χ4v) is 3.33. The molecule has 2 heterocycles. The first kappa shape index (κ1) is 15.6. The molecule has 0 aromatic carbocycles. The molecule has 1 aliphatic heterocycles. The van der Waals surface area contributed by atoms with E-state index in [4.69, 9.17) is 4.52 Å². The zero-order chi connectivity index (χ0) is 16.7. The molecule has 24 heavy (non-hydrogen) atoms. The van der Waals surface area contributed by atoms with Crippen LogP contribution in [0, 0.1) is 11.8 Å². The monoisotopic (exact) mass is 332 g/mol.